The fourth-order valence-electron chi connectivity index (χ4n) is 4.36. The summed E-state index contributed by atoms with van der Waals surface area (Å²) in [5, 5.41) is 6.98. The number of nitrogens with one attached hydrogen (secondary N) is 2. The lowest BCUT2D eigenvalue weighted by Crippen LogP contribution is -2.45. The highest BCUT2D eigenvalue weighted by Gasteiger charge is 2.32. The summed E-state index contributed by atoms with van der Waals surface area (Å²) in [6.45, 7) is 8.01. The fourth-order valence-corrected chi connectivity index (χ4v) is 4.36. The Morgan fingerprint density at radius 2 is 1.87 bits per heavy atom. The van der Waals surface area contributed by atoms with Crippen LogP contribution in [0.3, 0.4) is 0 Å². The zero-order valence-electron chi connectivity index (χ0n) is 19.2. The first kappa shape index (κ1) is 26.2. The lowest BCUT2D eigenvalue weighted by molar-refractivity contribution is -0.0828. The molecule has 1 unspecified atom stereocenters. The standard InChI is InChI=1S/C23H38N4O3.HI/c1-4-24-22(26-18-23(29-3)11-15-30-16-12-23)25-17-20(27-13-7-8-14-27)19-9-5-6-10-21(19)28-2;/h5-6,9-10,20H,4,7-8,11-18H2,1-3H3,(H2,24,25,26);1H. The summed E-state index contributed by atoms with van der Waals surface area (Å²) in [6, 6.07) is 8.58. The molecule has 0 bridgehead atoms. The van der Waals surface area contributed by atoms with Gasteiger partial charge < -0.3 is 24.8 Å². The molecule has 0 saturated carbocycles. The molecule has 1 aromatic carbocycles. The van der Waals surface area contributed by atoms with E-state index in [1.807, 2.05) is 12.1 Å². The molecule has 2 N–H and O–H groups in total. The number of guanidine groups is 1. The van der Waals surface area contributed by atoms with E-state index in [1.54, 1.807) is 14.2 Å². The third-order valence-corrected chi connectivity index (χ3v) is 6.25. The number of benzene rings is 1. The zero-order valence-corrected chi connectivity index (χ0v) is 21.5. The molecule has 1 aromatic rings. The van der Waals surface area contributed by atoms with Gasteiger partial charge in [0.2, 0.25) is 0 Å². The quantitative estimate of drug-likeness (QED) is 0.282. The minimum Gasteiger partial charge on any atom is -0.496 e. The molecule has 7 nitrogen and oxygen atoms in total. The molecule has 0 amide bonds. The van der Waals surface area contributed by atoms with E-state index in [2.05, 4.69) is 34.6 Å². The Kier molecular flexibility index (Phi) is 11.3. The van der Waals surface area contributed by atoms with Crippen LogP contribution >= 0.6 is 24.0 Å². The predicted octanol–water partition coefficient (Wildman–Crippen LogP) is 3.20. The van der Waals surface area contributed by atoms with Crippen molar-refractivity contribution < 1.29 is 14.2 Å². The molecule has 1 atom stereocenters. The Morgan fingerprint density at radius 3 is 2.52 bits per heavy atom. The number of nitrogens with zero attached hydrogens (tertiary/aromatic N) is 2. The summed E-state index contributed by atoms with van der Waals surface area (Å²) in [5.41, 5.74) is 1.00. The zero-order chi connectivity index (χ0) is 21.2. The summed E-state index contributed by atoms with van der Waals surface area (Å²) in [4.78, 5) is 7.42. The lowest BCUT2D eigenvalue weighted by atomic mass is 9.94. The molecule has 0 spiro atoms. The minimum absolute atomic E-state index is 0. The van der Waals surface area contributed by atoms with E-state index in [-0.39, 0.29) is 35.6 Å². The molecular weight excluding hydrogens is 507 g/mol. The van der Waals surface area contributed by atoms with Gasteiger partial charge in [0.15, 0.2) is 5.96 Å². The summed E-state index contributed by atoms with van der Waals surface area (Å²) in [6.07, 6.45) is 4.25. The Bertz CT molecular complexity index is 677. The largest absolute Gasteiger partial charge is 0.496 e. The average Bonchev–Trinajstić information content (AvgIpc) is 3.33. The van der Waals surface area contributed by atoms with Gasteiger partial charge in [0.1, 0.15) is 5.75 Å². The summed E-state index contributed by atoms with van der Waals surface area (Å²) in [7, 11) is 3.53. The predicted molar refractivity (Wildman–Crippen MR) is 136 cm³/mol. The van der Waals surface area contributed by atoms with Crippen molar-refractivity contribution in [2.24, 2.45) is 4.99 Å². The number of hydrogen-bond acceptors (Lipinski definition) is 5. The molecule has 31 heavy (non-hydrogen) atoms. The summed E-state index contributed by atoms with van der Waals surface area (Å²) < 4.78 is 17.0. The van der Waals surface area contributed by atoms with Crippen LogP contribution in [0.15, 0.2) is 29.3 Å². The Morgan fingerprint density at radius 1 is 1.16 bits per heavy atom. The molecule has 0 aromatic heterocycles. The topological polar surface area (TPSA) is 67.4 Å². The smallest absolute Gasteiger partial charge is 0.191 e. The van der Waals surface area contributed by atoms with Gasteiger partial charge in [-0.2, -0.15) is 0 Å². The number of para-hydroxylation sites is 1. The second kappa shape index (κ2) is 13.4. The number of ether oxygens (including phenoxy) is 3. The second-order valence-electron chi connectivity index (χ2n) is 8.08. The molecule has 0 radical (unpaired) electrons. The van der Waals surface area contributed by atoms with Crippen LogP contribution in [0.2, 0.25) is 0 Å². The molecule has 2 heterocycles. The molecular formula is C23H39IN4O3. The van der Waals surface area contributed by atoms with E-state index >= 15 is 0 Å². The van der Waals surface area contributed by atoms with E-state index in [0.29, 0.717) is 6.54 Å². The van der Waals surface area contributed by atoms with Crippen molar-refractivity contribution in [3.8, 4) is 5.75 Å². The van der Waals surface area contributed by atoms with Crippen molar-refractivity contribution >= 4 is 29.9 Å². The van der Waals surface area contributed by atoms with Gasteiger partial charge in [-0.3, -0.25) is 9.89 Å². The maximum absolute atomic E-state index is 5.85. The SMILES string of the molecule is CCNC(=NCC1(OC)CCOCC1)NCC(c1ccccc1OC)N1CCCC1.I. The molecule has 2 aliphatic heterocycles. The molecule has 2 fully saturated rings. The van der Waals surface area contributed by atoms with E-state index in [9.17, 15) is 0 Å². The van der Waals surface area contributed by atoms with Gasteiger partial charge in [-0.05, 0) is 38.9 Å². The van der Waals surface area contributed by atoms with Gasteiger partial charge in [-0.1, -0.05) is 18.2 Å². The van der Waals surface area contributed by atoms with Crippen LogP contribution in [0.25, 0.3) is 0 Å². The van der Waals surface area contributed by atoms with E-state index < -0.39 is 0 Å². The van der Waals surface area contributed by atoms with Crippen molar-refractivity contribution in [1.82, 2.24) is 15.5 Å². The third-order valence-electron chi connectivity index (χ3n) is 6.25. The lowest BCUT2D eigenvalue weighted by Gasteiger charge is -2.34. The maximum Gasteiger partial charge on any atom is 0.191 e. The second-order valence-corrected chi connectivity index (χ2v) is 8.08. The van der Waals surface area contributed by atoms with Crippen LogP contribution in [0.5, 0.6) is 5.75 Å². The van der Waals surface area contributed by atoms with Gasteiger partial charge in [0, 0.05) is 51.8 Å². The molecule has 2 saturated heterocycles. The minimum atomic E-state index is -0.225. The molecule has 176 valence electrons. The number of likely N-dealkylation sites (tertiary alicyclic amines) is 1. The van der Waals surface area contributed by atoms with Gasteiger partial charge in [-0.15, -0.1) is 24.0 Å². The number of halogens is 1. The van der Waals surface area contributed by atoms with Crippen LogP contribution in [0, 0.1) is 0 Å². The van der Waals surface area contributed by atoms with Crippen molar-refractivity contribution in [2.45, 2.75) is 44.2 Å². The summed E-state index contributed by atoms with van der Waals surface area (Å²) >= 11 is 0. The third kappa shape index (κ3) is 7.20. The highest BCUT2D eigenvalue weighted by molar-refractivity contribution is 14.0. The Hall–Kier alpha value is -1.10. The van der Waals surface area contributed by atoms with Crippen LogP contribution in [0.1, 0.15) is 44.2 Å². The van der Waals surface area contributed by atoms with Gasteiger partial charge in [0.25, 0.3) is 0 Å². The molecule has 3 rings (SSSR count). The van der Waals surface area contributed by atoms with Crippen molar-refractivity contribution in [3.63, 3.8) is 0 Å². The van der Waals surface area contributed by atoms with Crippen LogP contribution in [0.4, 0.5) is 0 Å². The van der Waals surface area contributed by atoms with Crippen LogP contribution in [-0.2, 0) is 9.47 Å². The van der Waals surface area contributed by atoms with E-state index in [0.717, 1.165) is 63.9 Å². The molecule has 8 heteroatoms. The van der Waals surface area contributed by atoms with Crippen molar-refractivity contribution in [1.29, 1.82) is 0 Å². The highest BCUT2D eigenvalue weighted by atomic mass is 127. The van der Waals surface area contributed by atoms with Crippen molar-refractivity contribution in [3.05, 3.63) is 29.8 Å². The fraction of sp³-hybridized carbons (Fsp3) is 0.696. The normalized spacial score (nSPS) is 20.0. The number of rotatable bonds is 9. The Labute approximate surface area is 204 Å². The highest BCUT2D eigenvalue weighted by Crippen LogP contribution is 2.31. The number of aliphatic imine (C=N–C) groups is 1. The van der Waals surface area contributed by atoms with Crippen molar-refractivity contribution in [2.75, 3.05) is 60.2 Å². The van der Waals surface area contributed by atoms with E-state index in [1.165, 1.54) is 18.4 Å². The van der Waals surface area contributed by atoms with E-state index in [4.69, 9.17) is 19.2 Å². The first-order chi connectivity index (χ1) is 14.7. The van der Waals surface area contributed by atoms with Gasteiger partial charge >= 0.3 is 0 Å². The summed E-state index contributed by atoms with van der Waals surface area (Å²) in [5.74, 6) is 1.78. The maximum atomic E-state index is 5.85. The monoisotopic (exact) mass is 546 g/mol. The molecule has 2 aliphatic rings. The Balaban J connectivity index is 0.00000341. The molecule has 0 aliphatic carbocycles. The average molecular weight is 546 g/mol. The number of hydrogen-bond donors (Lipinski definition) is 2. The van der Waals surface area contributed by atoms with Crippen LogP contribution < -0.4 is 15.4 Å². The number of methoxy groups -OCH3 is 2. The van der Waals surface area contributed by atoms with Crippen LogP contribution in [-0.4, -0.2) is 76.6 Å². The van der Waals surface area contributed by atoms with Gasteiger partial charge in [0.05, 0.1) is 25.3 Å². The first-order valence-corrected chi connectivity index (χ1v) is 11.2. The van der Waals surface area contributed by atoms with Gasteiger partial charge in [-0.25, -0.2) is 0 Å². The first-order valence-electron chi connectivity index (χ1n) is 11.2.